The number of nitrogens with zero attached hydrogens (tertiary/aromatic N) is 2. The van der Waals surface area contributed by atoms with Crippen LogP contribution in [0.4, 0.5) is 0 Å². The van der Waals surface area contributed by atoms with Crippen molar-refractivity contribution < 1.29 is 44.7 Å². The number of rotatable bonds is 20. The van der Waals surface area contributed by atoms with E-state index in [0.717, 1.165) is 94.4 Å². The Hall–Kier alpha value is -5.86. The summed E-state index contributed by atoms with van der Waals surface area (Å²) in [6.07, 6.45) is 26.4. The number of hydrogen-bond donors (Lipinski definition) is 12. The number of aliphatic hydroxyl groups excluding tert-OH is 2. The van der Waals surface area contributed by atoms with E-state index < -0.39 is 11.9 Å². The maximum atomic E-state index is 9.82. The predicted molar refractivity (Wildman–Crippen MR) is 461 cm³/mol. The normalized spacial score (nSPS) is 9.26. The van der Waals surface area contributed by atoms with Gasteiger partial charge in [-0.05, 0) is 161 Å². The molecule has 0 atom stereocenters. The molecule has 1 aliphatic heterocycles. The number of thiol groups is 1. The minimum absolute atomic E-state index is 0.167. The van der Waals surface area contributed by atoms with E-state index in [2.05, 4.69) is 205 Å². The first kappa shape index (κ1) is 126. The van der Waals surface area contributed by atoms with Crippen molar-refractivity contribution in [2.45, 2.75) is 308 Å². The molecule has 4 aromatic rings. The Morgan fingerprint density at radius 1 is 0.588 bits per heavy atom. The number of fused-ring (bicyclic) bond motifs is 1. The number of carboxylic acids is 2. The number of unbranched alkanes of at least 4 members (excludes halogenated alkanes) is 3. The number of aliphatic carboxylic acids is 2. The molecule has 0 bridgehead atoms. The fourth-order valence-electron chi connectivity index (χ4n) is 4.91. The fraction of sp³-hybridized carbons (Fsp3) is 0.663. The SMILES string of the molecule is CC.CC(C)C.CC(C)O.CCC(=O)O.CCC(C)C.CCC(C)C.CCC(N)=O.CCC1=CN=CC1.CCCC(=O)O.CCCC(N)=O.CCCCCN.CCCCN=C(N)N.CCCSC.CCO.CCS.CCc1c[nH]c2ccccc12.CCc1ccc(O)cc1.CCc1ccccc1. The second-order valence-electron chi connectivity index (χ2n) is 23.4. The topological polar surface area (TPSA) is 340 Å². The van der Waals surface area contributed by atoms with Crippen molar-refractivity contribution in [1.82, 2.24) is 4.98 Å². The maximum absolute atomic E-state index is 9.82. The molecule has 2 heterocycles. The van der Waals surface area contributed by atoms with Crippen LogP contribution >= 0.6 is 24.4 Å². The smallest absolute Gasteiger partial charge is 0.303 e. The van der Waals surface area contributed by atoms with E-state index in [1.165, 1.54) is 77.4 Å². The van der Waals surface area contributed by atoms with Crippen LogP contribution in [0.25, 0.3) is 10.9 Å². The Labute approximate surface area is 638 Å². The van der Waals surface area contributed by atoms with Crippen molar-refractivity contribution in [1.29, 1.82) is 0 Å². The van der Waals surface area contributed by atoms with Crippen LogP contribution < -0.4 is 28.7 Å². The Morgan fingerprint density at radius 2 is 0.990 bits per heavy atom. The van der Waals surface area contributed by atoms with Gasteiger partial charge in [0.2, 0.25) is 11.8 Å². The number of phenols is 1. The lowest BCUT2D eigenvalue weighted by Gasteiger charge is -1.93. The number of thioether (sulfide) groups is 1. The van der Waals surface area contributed by atoms with Gasteiger partial charge >= 0.3 is 11.9 Å². The van der Waals surface area contributed by atoms with Crippen LogP contribution in [0.5, 0.6) is 5.75 Å². The minimum atomic E-state index is -0.745. The lowest BCUT2D eigenvalue weighted by atomic mass is 10.1. The van der Waals surface area contributed by atoms with Gasteiger partial charge in [-0.15, -0.1) is 0 Å². The molecular formula is C83H166N8O9S2. The van der Waals surface area contributed by atoms with Crippen molar-refractivity contribution in [2.75, 3.05) is 37.5 Å². The molecule has 0 saturated carbocycles. The summed E-state index contributed by atoms with van der Waals surface area (Å²) in [5.41, 5.74) is 31.5. The molecule has 0 aliphatic carbocycles. The molecular weight excluding hydrogens is 1320 g/mol. The van der Waals surface area contributed by atoms with Gasteiger partial charge in [0, 0.05) is 80.9 Å². The molecule has 0 fully saturated rings. The number of H-pyrrole nitrogens is 1. The summed E-state index contributed by atoms with van der Waals surface area (Å²) in [6, 6.07) is 26.1. The lowest BCUT2D eigenvalue weighted by molar-refractivity contribution is -0.137. The monoisotopic (exact) mass is 1480 g/mol. The van der Waals surface area contributed by atoms with Crippen LogP contribution in [0.2, 0.25) is 0 Å². The van der Waals surface area contributed by atoms with E-state index in [9.17, 15) is 19.2 Å². The molecule has 0 unspecified atom stereocenters. The third-order valence-electron chi connectivity index (χ3n) is 11.1. The van der Waals surface area contributed by atoms with Gasteiger partial charge in [0.1, 0.15) is 5.75 Å². The van der Waals surface area contributed by atoms with Crippen LogP contribution in [-0.4, -0.2) is 110 Å². The molecule has 17 nitrogen and oxygen atoms in total. The van der Waals surface area contributed by atoms with Gasteiger partial charge in [0.25, 0.3) is 0 Å². The number of hydrogen-bond acceptors (Lipinski definition) is 12. The zero-order valence-corrected chi connectivity index (χ0v) is 72.2. The number of amides is 2. The van der Waals surface area contributed by atoms with Crippen LogP contribution in [0, 0.1) is 17.8 Å². The fourth-order valence-corrected chi connectivity index (χ4v) is 5.32. The average molecular weight is 1480 g/mol. The summed E-state index contributed by atoms with van der Waals surface area (Å²) in [5, 5.41) is 41.5. The number of carbonyl (C=O) groups is 4. The number of nitrogens with one attached hydrogen (secondary N) is 1. The zero-order valence-electron chi connectivity index (χ0n) is 70.5. The molecule has 3 aromatic carbocycles. The lowest BCUT2D eigenvalue weighted by Crippen LogP contribution is -2.22. The van der Waals surface area contributed by atoms with Crippen molar-refractivity contribution in [3.63, 3.8) is 0 Å². The van der Waals surface area contributed by atoms with Crippen LogP contribution in [0.3, 0.4) is 0 Å². The highest BCUT2D eigenvalue weighted by Crippen LogP contribution is 2.17. The zero-order chi connectivity index (χ0) is 82.4. The third-order valence-corrected chi connectivity index (χ3v) is 11.9. The number of aliphatic hydroxyl groups is 2. The van der Waals surface area contributed by atoms with Gasteiger partial charge < -0.3 is 59.2 Å². The average Bonchev–Trinajstić information content (AvgIpc) is 1.70. The molecule has 19 heteroatoms. The van der Waals surface area contributed by atoms with Gasteiger partial charge in [-0.3, -0.25) is 29.2 Å². The number of aromatic hydroxyl groups is 1. The number of carbonyl (C=O) groups excluding carboxylic acids is 2. The number of aromatic nitrogens is 1. The Kier molecular flexibility index (Phi) is 140. The van der Waals surface area contributed by atoms with E-state index in [4.69, 9.17) is 48.5 Å². The van der Waals surface area contributed by atoms with Crippen molar-refractivity contribution in [3.05, 3.63) is 114 Å². The molecule has 1 aliphatic rings. The number of benzene rings is 3. The summed E-state index contributed by atoms with van der Waals surface area (Å²) >= 11 is 5.69. The molecule has 102 heavy (non-hydrogen) atoms. The van der Waals surface area contributed by atoms with E-state index in [-0.39, 0.29) is 36.9 Å². The molecule has 1 aromatic heterocycles. The first-order valence-electron chi connectivity index (χ1n) is 37.8. The Bertz CT molecular complexity index is 2220. The molecule has 0 radical (unpaired) electrons. The van der Waals surface area contributed by atoms with Crippen LogP contribution in [0.1, 0.15) is 299 Å². The molecule has 2 amide bonds. The van der Waals surface area contributed by atoms with Gasteiger partial charge in [-0.2, -0.15) is 24.4 Å². The van der Waals surface area contributed by atoms with E-state index >= 15 is 0 Å². The van der Waals surface area contributed by atoms with Crippen LogP contribution in [0.15, 0.2) is 107 Å². The molecule has 16 N–H and O–H groups in total. The number of para-hydroxylation sites is 1. The number of carboxylic acid groups (broad SMARTS) is 2. The standard InChI is InChI=1S/C10H11N.C8H10O.C8H10.C6H9N.C5H13N3.C5H13N.2C5H12.C4H9NO.C4H8O2.C4H10S.C4H10.C3H7NO.C3H6O2.C3H8O.C2H6O.C2H6S.C2H6/c1-2-8-7-11-10-6-4-3-5-9(8)10;1-2-7-3-5-8(9)6-4-7;1-2-8-6-4-3-5-7-8;1-2-6-3-4-7-5-6;1-2-3-4-8-5(6)7;1-2-3-4-5-6;2*1-4-5(2)3;2*1-2-3-4(5)6;1-3-4-5-2;1-4(2)3;2*1-2-3(4)5;1-3(2)4;2*1-2-3;1-2/h3-7,11H,2H2,1H3;3-6,9H,2H2,1H3;3-7H,2H2,1H3;4-5H,2-3H2,1H3;2-4H2,1H3,(H4,6,7,8);2-6H2,1H3;2*5H,4H2,1-3H3;2-3H2,1H3,(H2,5,6);2-3H2,1H3,(H,5,6);3-4H2,1-2H3;4H,1-3H3;2H2,1H3,(H2,4,5);2H2,1H3,(H,4,5);3-4H,1-2H3;2*3H,2H2,1H3;1-2H3. The van der Waals surface area contributed by atoms with E-state index in [1.54, 1.807) is 46.8 Å². The summed E-state index contributed by atoms with van der Waals surface area (Å²) in [6.45, 7) is 54.9. The number of phenolic OH excluding ortho intramolecular Hbond substituents is 1. The number of aryl methyl sites for hydroxylation is 3. The number of nitrogens with two attached hydrogens (primary N) is 5. The van der Waals surface area contributed by atoms with Crippen LogP contribution in [-0.2, 0) is 38.4 Å². The number of primary amides is 2. The maximum Gasteiger partial charge on any atom is 0.303 e. The summed E-state index contributed by atoms with van der Waals surface area (Å²) in [7, 11) is 0. The second kappa shape index (κ2) is 114. The second-order valence-corrected chi connectivity index (χ2v) is 25.0. The third kappa shape index (κ3) is 161. The first-order valence-corrected chi connectivity index (χ1v) is 39.9. The van der Waals surface area contributed by atoms with Crippen molar-refractivity contribution in [3.8, 4) is 5.75 Å². The highest BCUT2D eigenvalue weighted by Gasteiger charge is 1.98. The number of aliphatic imine (C=N–C) groups is 2. The largest absolute Gasteiger partial charge is 0.508 e. The highest BCUT2D eigenvalue weighted by atomic mass is 32.2. The van der Waals surface area contributed by atoms with Crippen molar-refractivity contribution in [2.24, 2.45) is 56.4 Å². The quantitative estimate of drug-likeness (QED) is 0.0170. The number of guanidine groups is 1. The van der Waals surface area contributed by atoms with Crippen molar-refractivity contribution >= 4 is 71.2 Å². The van der Waals surface area contributed by atoms with Gasteiger partial charge in [0.15, 0.2) is 5.96 Å². The molecule has 5 rings (SSSR count). The van der Waals surface area contributed by atoms with E-state index in [1.807, 2.05) is 77.0 Å². The van der Waals surface area contributed by atoms with E-state index in [0.29, 0.717) is 25.0 Å². The molecule has 604 valence electrons. The summed E-state index contributed by atoms with van der Waals surface area (Å²) < 4.78 is 0. The minimum Gasteiger partial charge on any atom is -0.508 e. The number of aromatic amines is 1. The summed E-state index contributed by atoms with van der Waals surface area (Å²) in [4.78, 5) is 49.4. The van der Waals surface area contributed by atoms with Gasteiger partial charge in [0.05, 0.1) is 0 Å². The molecule has 0 spiro atoms. The first-order chi connectivity index (χ1) is 48.1. The number of allylic oxidation sites excluding steroid dienone is 1. The molecule has 0 saturated heterocycles. The Balaban J connectivity index is -0.0000000757. The summed E-state index contributed by atoms with van der Waals surface area (Å²) in [5.74, 6) is 3.47. The highest BCUT2D eigenvalue weighted by molar-refractivity contribution is 7.98. The predicted octanol–water partition coefficient (Wildman–Crippen LogP) is 21.3. The Morgan fingerprint density at radius 3 is 1.21 bits per heavy atom. The van der Waals surface area contributed by atoms with Gasteiger partial charge in [-0.1, -0.05) is 252 Å². The van der Waals surface area contributed by atoms with Gasteiger partial charge in [-0.25, -0.2) is 0 Å².